The predicted octanol–water partition coefficient (Wildman–Crippen LogP) is 3.20. The minimum absolute atomic E-state index is 0.0128. The number of hydrogen-bond donors (Lipinski definition) is 2. The van der Waals surface area contributed by atoms with Gasteiger partial charge in [0.05, 0.1) is 11.1 Å². The van der Waals surface area contributed by atoms with Crippen LogP contribution in [0.15, 0.2) is 9.95 Å². The van der Waals surface area contributed by atoms with Crippen molar-refractivity contribution in [2.45, 2.75) is 65.2 Å². The third-order valence-corrected chi connectivity index (χ3v) is 6.07. The van der Waals surface area contributed by atoms with Gasteiger partial charge in [-0.3, -0.25) is 19.5 Å². The topological polar surface area (TPSA) is 93.1 Å². The minimum Gasteiger partial charge on any atom is -0.336 e. The summed E-state index contributed by atoms with van der Waals surface area (Å²) >= 11 is 2.67. The van der Waals surface area contributed by atoms with Gasteiger partial charge in [-0.05, 0) is 39.7 Å². The Morgan fingerprint density at radius 2 is 2.00 bits per heavy atom. The fraction of sp³-hybridized carbons (Fsp3) is 0.556. The molecule has 3 amide bonds. The number of aryl methyl sites for hydroxylation is 2. The van der Waals surface area contributed by atoms with Crippen molar-refractivity contribution in [3.63, 3.8) is 0 Å². The molecule has 2 aromatic heterocycles. The molecule has 0 radical (unpaired) electrons. The number of hydrogen-bond acceptors (Lipinski definition) is 6. The molecule has 0 bridgehead atoms. The number of urea groups is 1. The zero-order valence-corrected chi connectivity index (χ0v) is 18.0. The number of amides is 3. The minimum atomic E-state index is -0.521. The highest BCUT2D eigenvalue weighted by Gasteiger charge is 2.18. The van der Waals surface area contributed by atoms with Gasteiger partial charge in [0.2, 0.25) is 5.91 Å². The molecule has 0 saturated carbocycles. The van der Waals surface area contributed by atoms with Crippen LogP contribution in [0.25, 0.3) is 10.2 Å². The number of rotatable bonds is 7. The average molecular weight is 411 g/mol. The summed E-state index contributed by atoms with van der Waals surface area (Å²) in [4.78, 5) is 43.1. The predicted molar refractivity (Wildman–Crippen MR) is 111 cm³/mol. The molecule has 2 aromatic rings. The molecule has 148 valence electrons. The maximum Gasteiger partial charge on any atom is 0.321 e. The molecule has 2 heterocycles. The summed E-state index contributed by atoms with van der Waals surface area (Å²) in [5.74, 6) is -0.410. The Balaban J connectivity index is 2.24. The van der Waals surface area contributed by atoms with Crippen molar-refractivity contribution in [2.75, 3.05) is 5.75 Å². The molecule has 0 fully saturated rings. The fourth-order valence-electron chi connectivity index (χ4n) is 2.52. The number of nitrogens with zero attached hydrogens (tertiary/aromatic N) is 2. The maximum atomic E-state index is 13.0. The Labute approximate surface area is 166 Å². The van der Waals surface area contributed by atoms with Crippen molar-refractivity contribution < 1.29 is 9.59 Å². The normalized spacial score (nSPS) is 11.2. The number of thioether (sulfide) groups is 1. The highest BCUT2D eigenvalue weighted by molar-refractivity contribution is 7.99. The van der Waals surface area contributed by atoms with E-state index >= 15 is 0 Å². The van der Waals surface area contributed by atoms with E-state index in [9.17, 15) is 14.4 Å². The van der Waals surface area contributed by atoms with Gasteiger partial charge in [0.25, 0.3) is 5.56 Å². The number of fused-ring (bicyclic) bond motifs is 1. The summed E-state index contributed by atoms with van der Waals surface area (Å²) in [5.41, 5.74) is 0.910. The van der Waals surface area contributed by atoms with E-state index in [2.05, 4.69) is 22.5 Å². The van der Waals surface area contributed by atoms with E-state index in [1.54, 1.807) is 4.57 Å². The second kappa shape index (κ2) is 9.36. The van der Waals surface area contributed by atoms with Crippen molar-refractivity contribution in [2.24, 2.45) is 0 Å². The first-order valence-electron chi connectivity index (χ1n) is 8.98. The molecular formula is C18H26N4O3S2. The Bertz CT molecular complexity index is 902. The summed E-state index contributed by atoms with van der Waals surface area (Å²) in [6, 6.07) is -0.578. The van der Waals surface area contributed by atoms with Crippen LogP contribution in [0, 0.1) is 13.8 Å². The van der Waals surface area contributed by atoms with E-state index in [1.807, 2.05) is 27.7 Å². The smallest absolute Gasteiger partial charge is 0.321 e. The largest absolute Gasteiger partial charge is 0.336 e. The molecule has 0 aromatic carbocycles. The van der Waals surface area contributed by atoms with Crippen LogP contribution in [0.1, 0.15) is 44.1 Å². The Morgan fingerprint density at radius 1 is 1.30 bits per heavy atom. The number of aromatic nitrogens is 2. The van der Waals surface area contributed by atoms with Crippen LogP contribution in [-0.2, 0) is 11.3 Å². The summed E-state index contributed by atoms with van der Waals surface area (Å²) in [6.45, 7) is 10.2. The number of thiophene rings is 1. The summed E-state index contributed by atoms with van der Waals surface area (Å²) < 4.78 is 1.65. The first kappa shape index (κ1) is 21.4. The number of imide groups is 1. The van der Waals surface area contributed by atoms with Crippen molar-refractivity contribution in [3.8, 4) is 0 Å². The SMILES string of the molecule is CCCCn1c(SCC(=O)NC(=O)NC(C)C)nc2sc(C)c(C)c2c1=O. The molecule has 27 heavy (non-hydrogen) atoms. The summed E-state index contributed by atoms with van der Waals surface area (Å²) in [5, 5.41) is 6.07. The number of unbranched alkanes of at least 4 members (excludes halogenated alkanes) is 1. The summed E-state index contributed by atoms with van der Waals surface area (Å²) in [7, 11) is 0. The molecule has 9 heteroatoms. The quantitative estimate of drug-likeness (QED) is 0.540. The zero-order chi connectivity index (χ0) is 20.1. The highest BCUT2D eigenvalue weighted by Crippen LogP contribution is 2.28. The lowest BCUT2D eigenvalue weighted by Crippen LogP contribution is -2.43. The Kier molecular flexibility index (Phi) is 7.43. The molecule has 0 unspecified atom stereocenters. The third-order valence-electron chi connectivity index (χ3n) is 3.99. The van der Waals surface area contributed by atoms with E-state index < -0.39 is 11.9 Å². The molecule has 0 saturated heterocycles. The second-order valence-corrected chi connectivity index (χ2v) is 8.78. The van der Waals surface area contributed by atoms with Crippen LogP contribution in [-0.4, -0.2) is 33.3 Å². The lowest BCUT2D eigenvalue weighted by atomic mass is 10.2. The first-order valence-corrected chi connectivity index (χ1v) is 10.8. The standard InChI is InChI=1S/C18H26N4O3S2/c1-6-7-8-22-16(24)14-11(4)12(5)27-15(14)21-18(22)26-9-13(23)20-17(25)19-10(2)3/h10H,6-9H2,1-5H3,(H2,19,20,23,25). The molecule has 0 aliphatic rings. The van der Waals surface area contributed by atoms with Crippen molar-refractivity contribution in [3.05, 3.63) is 20.8 Å². The van der Waals surface area contributed by atoms with Crippen molar-refractivity contribution in [1.82, 2.24) is 20.2 Å². The average Bonchev–Trinajstić information content (AvgIpc) is 2.86. The number of carbonyl (C=O) groups excluding carboxylic acids is 2. The van der Waals surface area contributed by atoms with Gasteiger partial charge in [-0.15, -0.1) is 11.3 Å². The molecular weight excluding hydrogens is 384 g/mol. The van der Waals surface area contributed by atoms with E-state index in [1.165, 1.54) is 23.1 Å². The lowest BCUT2D eigenvalue weighted by molar-refractivity contribution is -0.117. The van der Waals surface area contributed by atoms with E-state index in [4.69, 9.17) is 0 Å². The van der Waals surface area contributed by atoms with E-state index in [-0.39, 0.29) is 17.4 Å². The second-order valence-electron chi connectivity index (χ2n) is 6.63. The van der Waals surface area contributed by atoms with Crippen LogP contribution in [0.2, 0.25) is 0 Å². The number of nitrogens with one attached hydrogen (secondary N) is 2. The van der Waals surface area contributed by atoms with Crippen LogP contribution in [0.5, 0.6) is 0 Å². The Hall–Kier alpha value is -1.87. The molecule has 0 aliphatic heterocycles. The van der Waals surface area contributed by atoms with Crippen molar-refractivity contribution in [1.29, 1.82) is 0 Å². The van der Waals surface area contributed by atoms with Crippen LogP contribution in [0.4, 0.5) is 4.79 Å². The lowest BCUT2D eigenvalue weighted by Gasteiger charge is -2.12. The van der Waals surface area contributed by atoms with Gasteiger partial charge in [-0.25, -0.2) is 9.78 Å². The van der Waals surface area contributed by atoms with Gasteiger partial charge in [0.15, 0.2) is 5.16 Å². The first-order chi connectivity index (χ1) is 12.7. The van der Waals surface area contributed by atoms with Gasteiger partial charge in [0.1, 0.15) is 4.83 Å². The van der Waals surface area contributed by atoms with E-state index in [0.29, 0.717) is 21.9 Å². The zero-order valence-electron chi connectivity index (χ0n) is 16.3. The third kappa shape index (κ3) is 5.32. The molecule has 0 spiro atoms. The van der Waals surface area contributed by atoms with E-state index in [0.717, 1.165) is 23.3 Å². The van der Waals surface area contributed by atoms with Crippen LogP contribution >= 0.6 is 23.1 Å². The molecule has 2 rings (SSSR count). The van der Waals surface area contributed by atoms with Gasteiger partial charge < -0.3 is 5.32 Å². The maximum absolute atomic E-state index is 13.0. The summed E-state index contributed by atoms with van der Waals surface area (Å²) in [6.07, 6.45) is 1.80. The van der Waals surface area contributed by atoms with Crippen LogP contribution in [0.3, 0.4) is 0 Å². The Morgan fingerprint density at radius 3 is 2.63 bits per heavy atom. The molecule has 0 atom stereocenters. The van der Waals surface area contributed by atoms with Crippen LogP contribution < -0.4 is 16.2 Å². The van der Waals surface area contributed by atoms with Gasteiger partial charge in [-0.1, -0.05) is 25.1 Å². The molecule has 0 aliphatic carbocycles. The fourth-order valence-corrected chi connectivity index (χ4v) is 4.42. The monoisotopic (exact) mass is 410 g/mol. The van der Waals surface area contributed by atoms with Crippen molar-refractivity contribution >= 4 is 45.3 Å². The van der Waals surface area contributed by atoms with Gasteiger partial charge >= 0.3 is 6.03 Å². The van der Waals surface area contributed by atoms with Gasteiger partial charge in [-0.2, -0.15) is 0 Å². The molecule has 2 N–H and O–H groups in total. The van der Waals surface area contributed by atoms with Gasteiger partial charge in [0, 0.05) is 17.5 Å². The highest BCUT2D eigenvalue weighted by atomic mass is 32.2. The molecule has 7 nitrogen and oxygen atoms in total. The number of carbonyl (C=O) groups is 2.